The molecule has 2 aromatic heterocycles. The van der Waals surface area contributed by atoms with Crippen molar-refractivity contribution in [2.24, 2.45) is 0 Å². The molecule has 0 radical (unpaired) electrons. The van der Waals surface area contributed by atoms with Gasteiger partial charge in [0.2, 0.25) is 0 Å². The SMILES string of the molecule is Cc1ccc(-n2c(SCc3ccc4ccccc4c3)nnc2-c2ccncc2)cc1. The van der Waals surface area contributed by atoms with E-state index in [1.54, 1.807) is 24.2 Å². The third kappa shape index (κ3) is 3.72. The summed E-state index contributed by atoms with van der Waals surface area (Å²) in [6, 6.07) is 27.4. The van der Waals surface area contributed by atoms with E-state index in [4.69, 9.17) is 0 Å². The first-order chi connectivity index (χ1) is 14.8. The summed E-state index contributed by atoms with van der Waals surface area (Å²) in [6.07, 6.45) is 3.57. The number of hydrogen-bond acceptors (Lipinski definition) is 4. The molecule has 5 aromatic rings. The van der Waals surface area contributed by atoms with Crippen LogP contribution in [0.2, 0.25) is 0 Å². The van der Waals surface area contributed by atoms with Crippen LogP contribution in [0.25, 0.3) is 27.8 Å². The predicted octanol–water partition coefficient (Wildman–Crippen LogP) is 6.08. The summed E-state index contributed by atoms with van der Waals surface area (Å²) < 4.78 is 2.13. The quantitative estimate of drug-likeness (QED) is 0.330. The third-order valence-corrected chi connectivity index (χ3v) is 6.05. The van der Waals surface area contributed by atoms with Crippen molar-refractivity contribution in [3.8, 4) is 17.1 Å². The average Bonchev–Trinajstić information content (AvgIpc) is 3.22. The van der Waals surface area contributed by atoms with Crippen LogP contribution >= 0.6 is 11.8 Å². The summed E-state index contributed by atoms with van der Waals surface area (Å²) in [6.45, 7) is 2.09. The Hall–Kier alpha value is -3.44. The van der Waals surface area contributed by atoms with Gasteiger partial charge in [0.25, 0.3) is 0 Å². The maximum Gasteiger partial charge on any atom is 0.196 e. The molecular weight excluding hydrogens is 388 g/mol. The van der Waals surface area contributed by atoms with Crippen LogP contribution in [0.5, 0.6) is 0 Å². The van der Waals surface area contributed by atoms with Crippen LogP contribution in [0, 0.1) is 6.92 Å². The van der Waals surface area contributed by atoms with Crippen molar-refractivity contribution >= 4 is 22.5 Å². The zero-order valence-corrected chi connectivity index (χ0v) is 17.4. The van der Waals surface area contributed by atoms with Gasteiger partial charge in [-0.05, 0) is 47.5 Å². The number of aromatic nitrogens is 4. The molecule has 0 atom stereocenters. The van der Waals surface area contributed by atoms with Gasteiger partial charge in [-0.2, -0.15) is 0 Å². The average molecular weight is 409 g/mol. The highest BCUT2D eigenvalue weighted by molar-refractivity contribution is 7.98. The number of pyridine rings is 1. The van der Waals surface area contributed by atoms with Gasteiger partial charge in [0, 0.05) is 29.4 Å². The van der Waals surface area contributed by atoms with E-state index >= 15 is 0 Å². The number of fused-ring (bicyclic) bond motifs is 1. The van der Waals surface area contributed by atoms with Crippen LogP contribution in [0.1, 0.15) is 11.1 Å². The van der Waals surface area contributed by atoms with Gasteiger partial charge in [-0.1, -0.05) is 71.9 Å². The van der Waals surface area contributed by atoms with Crippen molar-refractivity contribution in [2.45, 2.75) is 17.8 Å². The summed E-state index contributed by atoms with van der Waals surface area (Å²) in [5.74, 6) is 1.65. The molecule has 0 N–H and O–H groups in total. The molecule has 0 spiro atoms. The molecule has 4 nitrogen and oxygen atoms in total. The Bertz CT molecular complexity index is 1290. The topological polar surface area (TPSA) is 43.6 Å². The zero-order chi connectivity index (χ0) is 20.3. The summed E-state index contributed by atoms with van der Waals surface area (Å²) >= 11 is 1.70. The molecule has 3 aromatic carbocycles. The van der Waals surface area contributed by atoms with Crippen molar-refractivity contribution < 1.29 is 0 Å². The lowest BCUT2D eigenvalue weighted by Crippen LogP contribution is -2.00. The fourth-order valence-electron chi connectivity index (χ4n) is 3.45. The van der Waals surface area contributed by atoms with Gasteiger partial charge in [0.15, 0.2) is 11.0 Å². The monoisotopic (exact) mass is 408 g/mol. The Morgan fingerprint density at radius 1 is 0.800 bits per heavy atom. The number of nitrogens with zero attached hydrogens (tertiary/aromatic N) is 4. The maximum absolute atomic E-state index is 4.52. The molecule has 0 aliphatic rings. The van der Waals surface area contributed by atoms with Gasteiger partial charge in [-0.25, -0.2) is 0 Å². The number of thioether (sulfide) groups is 1. The number of hydrogen-bond donors (Lipinski definition) is 0. The second-order valence-electron chi connectivity index (χ2n) is 7.18. The van der Waals surface area contributed by atoms with Crippen molar-refractivity contribution in [1.82, 2.24) is 19.7 Å². The molecule has 0 saturated heterocycles. The first-order valence-corrected chi connectivity index (χ1v) is 10.8. The van der Waals surface area contributed by atoms with Gasteiger partial charge >= 0.3 is 0 Å². The van der Waals surface area contributed by atoms with E-state index in [0.29, 0.717) is 0 Å². The molecular formula is C25H20N4S. The summed E-state index contributed by atoms with van der Waals surface area (Å²) in [7, 11) is 0. The minimum Gasteiger partial charge on any atom is -0.270 e. The Kier molecular flexibility index (Phi) is 5.03. The van der Waals surface area contributed by atoms with Crippen LogP contribution in [-0.2, 0) is 5.75 Å². The highest BCUT2D eigenvalue weighted by Gasteiger charge is 2.16. The van der Waals surface area contributed by atoms with E-state index in [1.165, 1.54) is 21.9 Å². The van der Waals surface area contributed by atoms with Gasteiger partial charge in [0.1, 0.15) is 0 Å². The molecule has 0 aliphatic heterocycles. The number of rotatable bonds is 5. The summed E-state index contributed by atoms with van der Waals surface area (Å²) in [4.78, 5) is 4.13. The minimum atomic E-state index is 0.822. The maximum atomic E-state index is 4.52. The lowest BCUT2D eigenvalue weighted by Gasteiger charge is -2.11. The van der Waals surface area contributed by atoms with Crippen molar-refractivity contribution in [1.29, 1.82) is 0 Å². The molecule has 0 bridgehead atoms. The van der Waals surface area contributed by atoms with Crippen molar-refractivity contribution in [3.63, 3.8) is 0 Å². The second-order valence-corrected chi connectivity index (χ2v) is 8.13. The van der Waals surface area contributed by atoms with Crippen LogP contribution in [0.15, 0.2) is 96.4 Å². The van der Waals surface area contributed by atoms with Crippen LogP contribution in [-0.4, -0.2) is 19.7 Å². The largest absolute Gasteiger partial charge is 0.270 e. The minimum absolute atomic E-state index is 0.822. The first kappa shape index (κ1) is 18.6. The van der Waals surface area contributed by atoms with Crippen molar-refractivity contribution in [3.05, 3.63) is 102 Å². The summed E-state index contributed by atoms with van der Waals surface area (Å²) in [5, 5.41) is 12.4. The Labute approximate surface area is 179 Å². The number of aryl methyl sites for hydroxylation is 1. The molecule has 30 heavy (non-hydrogen) atoms. The Morgan fingerprint density at radius 3 is 2.37 bits per heavy atom. The van der Waals surface area contributed by atoms with E-state index in [0.717, 1.165) is 28.0 Å². The molecule has 0 amide bonds. The van der Waals surface area contributed by atoms with Crippen LogP contribution < -0.4 is 0 Å². The van der Waals surface area contributed by atoms with Gasteiger partial charge in [-0.15, -0.1) is 10.2 Å². The van der Waals surface area contributed by atoms with E-state index in [2.05, 4.69) is 93.4 Å². The fraction of sp³-hybridized carbons (Fsp3) is 0.0800. The molecule has 5 heteroatoms. The lowest BCUT2D eigenvalue weighted by molar-refractivity contribution is 0.885. The van der Waals surface area contributed by atoms with Gasteiger partial charge < -0.3 is 0 Å². The third-order valence-electron chi connectivity index (χ3n) is 5.05. The highest BCUT2D eigenvalue weighted by Crippen LogP contribution is 2.30. The smallest absolute Gasteiger partial charge is 0.196 e. The molecule has 0 aliphatic carbocycles. The van der Waals surface area contributed by atoms with E-state index in [1.807, 2.05) is 12.1 Å². The van der Waals surface area contributed by atoms with Crippen LogP contribution in [0.3, 0.4) is 0 Å². The zero-order valence-electron chi connectivity index (χ0n) is 16.6. The predicted molar refractivity (Wildman–Crippen MR) is 123 cm³/mol. The second kappa shape index (κ2) is 8.13. The Morgan fingerprint density at radius 2 is 1.57 bits per heavy atom. The lowest BCUT2D eigenvalue weighted by atomic mass is 10.1. The van der Waals surface area contributed by atoms with E-state index in [-0.39, 0.29) is 0 Å². The van der Waals surface area contributed by atoms with Crippen LogP contribution in [0.4, 0.5) is 0 Å². The standard InChI is InChI=1S/C25H20N4S/c1-18-6-10-23(11-7-18)29-24(21-12-14-26-15-13-21)27-28-25(29)30-17-19-8-9-20-4-2-3-5-22(20)16-19/h2-16H,17H2,1H3. The van der Waals surface area contributed by atoms with E-state index < -0.39 is 0 Å². The number of benzene rings is 3. The molecule has 0 fully saturated rings. The van der Waals surface area contributed by atoms with E-state index in [9.17, 15) is 0 Å². The summed E-state index contributed by atoms with van der Waals surface area (Å²) in [5.41, 5.74) is 4.54. The molecule has 0 saturated carbocycles. The first-order valence-electron chi connectivity index (χ1n) is 9.81. The van der Waals surface area contributed by atoms with Crippen molar-refractivity contribution in [2.75, 3.05) is 0 Å². The fourth-order valence-corrected chi connectivity index (χ4v) is 4.35. The molecule has 0 unspecified atom stereocenters. The highest BCUT2D eigenvalue weighted by atomic mass is 32.2. The normalized spacial score (nSPS) is 11.1. The molecule has 2 heterocycles. The molecule has 146 valence electrons. The Balaban J connectivity index is 1.51. The van der Waals surface area contributed by atoms with Gasteiger partial charge in [-0.3, -0.25) is 9.55 Å². The molecule has 5 rings (SSSR count). The van der Waals surface area contributed by atoms with Gasteiger partial charge in [0.05, 0.1) is 0 Å².